The second-order valence-electron chi connectivity index (χ2n) is 5.36. The Balaban J connectivity index is 1.74. The smallest absolute Gasteiger partial charge is 0.303 e. The Morgan fingerprint density at radius 2 is 2.00 bits per heavy atom. The first-order valence-electron chi connectivity index (χ1n) is 6.47. The van der Waals surface area contributed by atoms with Crippen LogP contribution < -0.4 is 0 Å². The molecule has 19 heavy (non-hydrogen) atoms. The first-order chi connectivity index (χ1) is 9.17. The molecule has 0 atom stereocenters. The predicted molar refractivity (Wildman–Crippen MR) is 71.6 cm³/mol. The number of hydrogen-bond acceptors (Lipinski definition) is 2. The third kappa shape index (κ3) is 2.67. The second kappa shape index (κ2) is 4.53. The largest absolute Gasteiger partial charge is 0.481 e. The molecule has 4 heteroatoms. The van der Waals surface area contributed by atoms with E-state index in [2.05, 4.69) is 5.10 Å². The van der Waals surface area contributed by atoms with Crippen molar-refractivity contribution in [2.24, 2.45) is 5.41 Å². The van der Waals surface area contributed by atoms with Crippen LogP contribution in [-0.2, 0) is 11.3 Å². The van der Waals surface area contributed by atoms with Crippen molar-refractivity contribution in [3.63, 3.8) is 0 Å². The molecule has 1 N–H and O–H groups in total. The van der Waals surface area contributed by atoms with Crippen LogP contribution in [0.5, 0.6) is 0 Å². The molecule has 1 fully saturated rings. The summed E-state index contributed by atoms with van der Waals surface area (Å²) in [6, 6.07) is 10.1. The molecule has 0 radical (unpaired) electrons. The van der Waals surface area contributed by atoms with Gasteiger partial charge in [-0.2, -0.15) is 5.10 Å². The highest BCUT2D eigenvalue weighted by atomic mass is 16.4. The van der Waals surface area contributed by atoms with Crippen LogP contribution in [0.3, 0.4) is 0 Å². The SMILES string of the molecule is O=C(O)CC1(Cn2cc(-c3ccccc3)cn2)CC1. The Morgan fingerprint density at radius 1 is 1.26 bits per heavy atom. The zero-order valence-corrected chi connectivity index (χ0v) is 10.6. The minimum Gasteiger partial charge on any atom is -0.481 e. The molecular formula is C15H16N2O2. The lowest BCUT2D eigenvalue weighted by Crippen LogP contribution is -2.16. The van der Waals surface area contributed by atoms with E-state index in [1.807, 2.05) is 47.4 Å². The van der Waals surface area contributed by atoms with Crippen LogP contribution in [0, 0.1) is 5.41 Å². The van der Waals surface area contributed by atoms with Gasteiger partial charge in [-0.1, -0.05) is 30.3 Å². The summed E-state index contributed by atoms with van der Waals surface area (Å²) in [4.78, 5) is 10.8. The average Bonchev–Trinajstić information content (AvgIpc) is 2.97. The molecule has 1 aromatic carbocycles. The van der Waals surface area contributed by atoms with Gasteiger partial charge < -0.3 is 5.11 Å². The molecule has 1 saturated carbocycles. The van der Waals surface area contributed by atoms with Crippen molar-refractivity contribution < 1.29 is 9.90 Å². The summed E-state index contributed by atoms with van der Waals surface area (Å²) in [5, 5.41) is 13.3. The van der Waals surface area contributed by atoms with E-state index in [1.165, 1.54) is 0 Å². The van der Waals surface area contributed by atoms with Crippen LogP contribution in [0.15, 0.2) is 42.7 Å². The van der Waals surface area contributed by atoms with Gasteiger partial charge in [-0.3, -0.25) is 9.48 Å². The zero-order valence-electron chi connectivity index (χ0n) is 10.6. The highest BCUT2D eigenvalue weighted by molar-refractivity contribution is 5.68. The molecule has 0 bridgehead atoms. The number of nitrogens with zero attached hydrogens (tertiary/aromatic N) is 2. The van der Waals surface area contributed by atoms with Crippen molar-refractivity contribution in [1.82, 2.24) is 9.78 Å². The number of benzene rings is 1. The topological polar surface area (TPSA) is 55.1 Å². The third-order valence-electron chi connectivity index (χ3n) is 3.72. The molecule has 4 nitrogen and oxygen atoms in total. The number of aromatic nitrogens is 2. The summed E-state index contributed by atoms with van der Waals surface area (Å²) in [6.45, 7) is 0.701. The van der Waals surface area contributed by atoms with Gasteiger partial charge in [-0.05, 0) is 18.4 Å². The third-order valence-corrected chi connectivity index (χ3v) is 3.72. The quantitative estimate of drug-likeness (QED) is 0.895. The number of rotatable bonds is 5. The van der Waals surface area contributed by atoms with E-state index in [0.29, 0.717) is 6.54 Å². The lowest BCUT2D eigenvalue weighted by atomic mass is 10.0. The molecule has 1 heterocycles. The molecule has 0 unspecified atom stereocenters. The first-order valence-corrected chi connectivity index (χ1v) is 6.47. The normalized spacial score (nSPS) is 16.2. The van der Waals surface area contributed by atoms with Crippen LogP contribution in [-0.4, -0.2) is 20.9 Å². The van der Waals surface area contributed by atoms with Gasteiger partial charge in [-0.25, -0.2) is 0 Å². The molecule has 2 aromatic rings. The van der Waals surface area contributed by atoms with Crippen molar-refractivity contribution in [2.45, 2.75) is 25.8 Å². The minimum absolute atomic E-state index is 0.0637. The fourth-order valence-corrected chi connectivity index (χ4v) is 2.46. The average molecular weight is 256 g/mol. The molecule has 3 rings (SSSR count). The first kappa shape index (κ1) is 12.0. The number of carboxylic acid groups (broad SMARTS) is 1. The fourth-order valence-electron chi connectivity index (χ4n) is 2.46. The highest BCUT2D eigenvalue weighted by Gasteiger charge is 2.44. The van der Waals surface area contributed by atoms with Gasteiger partial charge in [0, 0.05) is 23.7 Å². The zero-order chi connectivity index (χ0) is 13.3. The van der Waals surface area contributed by atoms with E-state index < -0.39 is 5.97 Å². The van der Waals surface area contributed by atoms with Crippen molar-refractivity contribution >= 4 is 5.97 Å². The second-order valence-corrected chi connectivity index (χ2v) is 5.36. The van der Waals surface area contributed by atoms with Crippen LogP contribution in [0.4, 0.5) is 0 Å². The van der Waals surface area contributed by atoms with Crippen molar-refractivity contribution in [3.8, 4) is 11.1 Å². The molecule has 1 aliphatic carbocycles. The molecule has 0 saturated heterocycles. The number of carboxylic acids is 1. The molecule has 0 aliphatic heterocycles. The van der Waals surface area contributed by atoms with E-state index in [1.54, 1.807) is 0 Å². The Kier molecular flexibility index (Phi) is 2.85. The molecule has 1 aliphatic rings. The van der Waals surface area contributed by atoms with Gasteiger partial charge >= 0.3 is 5.97 Å². The molecule has 0 amide bonds. The van der Waals surface area contributed by atoms with Gasteiger partial charge in [0.2, 0.25) is 0 Å². The number of hydrogen-bond donors (Lipinski definition) is 1. The molecular weight excluding hydrogens is 240 g/mol. The monoisotopic (exact) mass is 256 g/mol. The number of carbonyl (C=O) groups is 1. The fraction of sp³-hybridized carbons (Fsp3) is 0.333. The summed E-state index contributed by atoms with van der Waals surface area (Å²) in [7, 11) is 0. The summed E-state index contributed by atoms with van der Waals surface area (Å²) < 4.78 is 1.87. The maximum Gasteiger partial charge on any atom is 0.303 e. The molecule has 0 spiro atoms. The predicted octanol–water partition coefficient (Wildman–Crippen LogP) is 2.81. The van der Waals surface area contributed by atoms with Gasteiger partial charge in [0.25, 0.3) is 0 Å². The van der Waals surface area contributed by atoms with Crippen LogP contribution in [0.1, 0.15) is 19.3 Å². The summed E-state index contributed by atoms with van der Waals surface area (Å²) in [5.41, 5.74) is 2.15. The lowest BCUT2D eigenvalue weighted by molar-refractivity contribution is -0.138. The number of aliphatic carboxylic acids is 1. The van der Waals surface area contributed by atoms with E-state index in [4.69, 9.17) is 5.11 Å². The molecule has 1 aromatic heterocycles. The van der Waals surface area contributed by atoms with Crippen molar-refractivity contribution in [2.75, 3.05) is 0 Å². The standard InChI is InChI=1S/C15H16N2O2/c18-14(19)8-15(6-7-15)11-17-10-13(9-16-17)12-4-2-1-3-5-12/h1-5,9-10H,6-8,11H2,(H,18,19). The van der Waals surface area contributed by atoms with Gasteiger partial charge in [-0.15, -0.1) is 0 Å². The van der Waals surface area contributed by atoms with E-state index in [-0.39, 0.29) is 11.8 Å². The van der Waals surface area contributed by atoms with Gasteiger partial charge in [0.15, 0.2) is 0 Å². The maximum absolute atomic E-state index is 10.8. The van der Waals surface area contributed by atoms with Gasteiger partial charge in [0.1, 0.15) is 0 Å². The van der Waals surface area contributed by atoms with Gasteiger partial charge in [0.05, 0.1) is 12.6 Å². The van der Waals surface area contributed by atoms with E-state index in [9.17, 15) is 4.79 Å². The van der Waals surface area contributed by atoms with Crippen molar-refractivity contribution in [1.29, 1.82) is 0 Å². The maximum atomic E-state index is 10.8. The summed E-state index contributed by atoms with van der Waals surface area (Å²) in [6.07, 6.45) is 6.05. The Labute approximate surface area is 111 Å². The van der Waals surface area contributed by atoms with Crippen LogP contribution in [0.2, 0.25) is 0 Å². The lowest BCUT2D eigenvalue weighted by Gasteiger charge is -2.11. The van der Waals surface area contributed by atoms with Crippen LogP contribution in [0.25, 0.3) is 11.1 Å². The highest BCUT2D eigenvalue weighted by Crippen LogP contribution is 2.50. The summed E-state index contributed by atoms with van der Waals surface area (Å²) in [5.74, 6) is -0.715. The Hall–Kier alpha value is -2.10. The summed E-state index contributed by atoms with van der Waals surface area (Å²) >= 11 is 0. The molecule has 98 valence electrons. The van der Waals surface area contributed by atoms with Crippen LogP contribution >= 0.6 is 0 Å². The minimum atomic E-state index is -0.715. The van der Waals surface area contributed by atoms with E-state index >= 15 is 0 Å². The Bertz CT molecular complexity index is 585. The van der Waals surface area contributed by atoms with E-state index in [0.717, 1.165) is 24.0 Å². The van der Waals surface area contributed by atoms with Crippen molar-refractivity contribution in [3.05, 3.63) is 42.7 Å². The Morgan fingerprint density at radius 3 is 2.63 bits per heavy atom.